The van der Waals surface area contributed by atoms with Gasteiger partial charge in [-0.3, -0.25) is 9.59 Å². The molecule has 0 aliphatic carbocycles. The van der Waals surface area contributed by atoms with Crippen LogP contribution in [0.5, 0.6) is 11.5 Å². The second kappa shape index (κ2) is 14.0. The van der Waals surface area contributed by atoms with Gasteiger partial charge in [-0.2, -0.15) is 0 Å². The number of anilines is 1. The van der Waals surface area contributed by atoms with E-state index < -0.39 is 6.04 Å². The van der Waals surface area contributed by atoms with E-state index in [9.17, 15) is 9.59 Å². The van der Waals surface area contributed by atoms with Crippen LogP contribution in [0.4, 0.5) is 5.69 Å². The molecule has 6 nitrogen and oxygen atoms in total. The van der Waals surface area contributed by atoms with Crippen molar-refractivity contribution in [1.82, 2.24) is 5.32 Å². The van der Waals surface area contributed by atoms with E-state index >= 15 is 0 Å². The van der Waals surface area contributed by atoms with E-state index in [1.165, 1.54) is 4.88 Å². The molecule has 190 valence electrons. The molecule has 0 fully saturated rings. The Bertz CT molecular complexity index is 1230. The molecule has 4 rings (SSSR count). The Balaban J connectivity index is 1.32. The van der Waals surface area contributed by atoms with E-state index in [2.05, 4.69) is 16.7 Å². The van der Waals surface area contributed by atoms with Crippen molar-refractivity contribution in [2.75, 3.05) is 11.9 Å². The summed E-state index contributed by atoms with van der Waals surface area (Å²) in [6.07, 6.45) is 1.89. The van der Waals surface area contributed by atoms with Crippen LogP contribution in [0.15, 0.2) is 102 Å². The summed E-state index contributed by atoms with van der Waals surface area (Å²) in [6, 6.07) is 29.5. The van der Waals surface area contributed by atoms with Gasteiger partial charge in [-0.05, 0) is 66.2 Å². The Labute approximate surface area is 221 Å². The van der Waals surface area contributed by atoms with Gasteiger partial charge in [0.05, 0.1) is 13.2 Å². The number of ether oxygens (including phenoxy) is 2. The maximum absolute atomic E-state index is 13.1. The van der Waals surface area contributed by atoms with Crippen molar-refractivity contribution in [3.05, 3.63) is 113 Å². The molecular weight excluding hydrogens is 484 g/mol. The van der Waals surface area contributed by atoms with Crippen LogP contribution in [-0.2, 0) is 27.4 Å². The second-order valence-corrected chi connectivity index (χ2v) is 9.51. The van der Waals surface area contributed by atoms with E-state index in [1.54, 1.807) is 35.6 Å². The Morgan fingerprint density at radius 3 is 2.22 bits per heavy atom. The third kappa shape index (κ3) is 8.90. The summed E-state index contributed by atoms with van der Waals surface area (Å²) >= 11 is 1.68. The fourth-order valence-electron chi connectivity index (χ4n) is 3.66. The number of nitrogens with one attached hydrogen (secondary N) is 2. The molecule has 1 unspecified atom stereocenters. The highest BCUT2D eigenvalue weighted by Crippen LogP contribution is 2.22. The highest BCUT2D eigenvalue weighted by molar-refractivity contribution is 7.09. The number of carbonyl (C=O) groups excluding carboxylic acids is 2. The number of rotatable bonds is 13. The zero-order valence-corrected chi connectivity index (χ0v) is 21.3. The fraction of sp³-hybridized carbons (Fsp3) is 0.200. The number of hydrogen-bond donors (Lipinski definition) is 2. The van der Waals surface area contributed by atoms with Gasteiger partial charge in [0.1, 0.15) is 17.5 Å². The highest BCUT2D eigenvalue weighted by Gasteiger charge is 2.21. The third-order valence-corrected chi connectivity index (χ3v) is 6.49. The molecule has 1 atom stereocenters. The summed E-state index contributed by atoms with van der Waals surface area (Å²) in [7, 11) is 0. The van der Waals surface area contributed by atoms with Gasteiger partial charge >= 0.3 is 0 Å². The van der Waals surface area contributed by atoms with E-state index in [1.807, 2.05) is 72.1 Å². The van der Waals surface area contributed by atoms with Gasteiger partial charge in [0.15, 0.2) is 0 Å². The molecule has 37 heavy (non-hydrogen) atoms. The Morgan fingerprint density at radius 2 is 1.51 bits per heavy atom. The van der Waals surface area contributed by atoms with Crippen molar-refractivity contribution in [2.24, 2.45) is 0 Å². The van der Waals surface area contributed by atoms with Crippen molar-refractivity contribution in [3.8, 4) is 11.5 Å². The van der Waals surface area contributed by atoms with Crippen LogP contribution in [-0.4, -0.2) is 24.5 Å². The minimum Gasteiger partial charge on any atom is -0.457 e. The Kier molecular flexibility index (Phi) is 9.86. The number of thiophene rings is 1. The van der Waals surface area contributed by atoms with E-state index in [0.29, 0.717) is 30.9 Å². The summed E-state index contributed by atoms with van der Waals surface area (Å²) in [5.41, 5.74) is 1.60. The zero-order valence-electron chi connectivity index (χ0n) is 20.5. The Morgan fingerprint density at radius 1 is 0.811 bits per heavy atom. The van der Waals surface area contributed by atoms with Gasteiger partial charge in [-0.1, -0.05) is 54.6 Å². The topological polar surface area (TPSA) is 76.7 Å². The lowest BCUT2D eigenvalue weighted by atomic mass is 10.2. The Hall–Kier alpha value is -3.94. The highest BCUT2D eigenvalue weighted by atomic mass is 32.1. The van der Waals surface area contributed by atoms with Gasteiger partial charge in [-0.15, -0.1) is 11.3 Å². The summed E-state index contributed by atoms with van der Waals surface area (Å²) < 4.78 is 11.6. The van der Waals surface area contributed by atoms with E-state index in [4.69, 9.17) is 9.47 Å². The van der Waals surface area contributed by atoms with Crippen molar-refractivity contribution in [2.45, 2.75) is 31.9 Å². The molecule has 2 amide bonds. The van der Waals surface area contributed by atoms with Crippen molar-refractivity contribution >= 4 is 28.8 Å². The van der Waals surface area contributed by atoms with Gasteiger partial charge < -0.3 is 20.1 Å². The molecule has 0 saturated carbocycles. The van der Waals surface area contributed by atoms with Gasteiger partial charge in [0, 0.05) is 17.0 Å². The maximum Gasteiger partial charge on any atom is 0.249 e. The SMILES string of the molecule is O=C(CCCc1cccs1)NC(COCc1ccccc1)C(=O)Nc1ccc(Oc2ccccc2)cc1. The maximum atomic E-state index is 13.1. The van der Waals surface area contributed by atoms with Crippen LogP contribution in [0.1, 0.15) is 23.3 Å². The summed E-state index contributed by atoms with van der Waals surface area (Å²) in [5.74, 6) is 0.880. The minimum atomic E-state index is -0.821. The molecule has 0 aliphatic rings. The lowest BCUT2D eigenvalue weighted by Gasteiger charge is -2.19. The first-order valence-corrected chi connectivity index (χ1v) is 13.1. The molecule has 0 spiro atoms. The lowest BCUT2D eigenvalue weighted by Crippen LogP contribution is -2.46. The predicted molar refractivity (Wildman–Crippen MR) is 147 cm³/mol. The summed E-state index contributed by atoms with van der Waals surface area (Å²) in [6.45, 7) is 0.414. The molecule has 1 heterocycles. The number of aryl methyl sites for hydroxylation is 1. The monoisotopic (exact) mass is 514 g/mol. The second-order valence-electron chi connectivity index (χ2n) is 8.48. The molecule has 4 aromatic rings. The fourth-order valence-corrected chi connectivity index (χ4v) is 4.41. The normalized spacial score (nSPS) is 11.5. The quantitative estimate of drug-likeness (QED) is 0.223. The molecule has 0 aliphatic heterocycles. The van der Waals surface area contributed by atoms with Crippen LogP contribution in [0, 0.1) is 0 Å². The average molecular weight is 515 g/mol. The molecule has 0 saturated heterocycles. The molecule has 7 heteroatoms. The van der Waals surface area contributed by atoms with E-state index in [-0.39, 0.29) is 18.4 Å². The predicted octanol–water partition coefficient (Wildman–Crippen LogP) is 6.20. The average Bonchev–Trinajstić information content (AvgIpc) is 3.44. The van der Waals surface area contributed by atoms with Crippen molar-refractivity contribution in [1.29, 1.82) is 0 Å². The van der Waals surface area contributed by atoms with Gasteiger partial charge in [0.25, 0.3) is 0 Å². The third-order valence-electron chi connectivity index (χ3n) is 5.56. The van der Waals surface area contributed by atoms with Gasteiger partial charge in [-0.25, -0.2) is 0 Å². The van der Waals surface area contributed by atoms with Crippen LogP contribution < -0.4 is 15.4 Å². The number of hydrogen-bond acceptors (Lipinski definition) is 5. The number of carbonyl (C=O) groups is 2. The number of benzene rings is 3. The lowest BCUT2D eigenvalue weighted by molar-refractivity contribution is -0.128. The summed E-state index contributed by atoms with van der Waals surface area (Å²) in [5, 5.41) is 7.76. The molecule has 2 N–H and O–H groups in total. The van der Waals surface area contributed by atoms with E-state index in [0.717, 1.165) is 17.7 Å². The zero-order chi connectivity index (χ0) is 25.7. The van der Waals surface area contributed by atoms with Crippen molar-refractivity contribution < 1.29 is 19.1 Å². The molecular formula is C30H30N2O4S. The van der Waals surface area contributed by atoms with Crippen LogP contribution in [0.3, 0.4) is 0 Å². The van der Waals surface area contributed by atoms with Crippen LogP contribution in [0.25, 0.3) is 0 Å². The van der Waals surface area contributed by atoms with Crippen LogP contribution in [0.2, 0.25) is 0 Å². The molecule has 0 radical (unpaired) electrons. The molecule has 3 aromatic carbocycles. The van der Waals surface area contributed by atoms with Gasteiger partial charge in [0.2, 0.25) is 11.8 Å². The minimum absolute atomic E-state index is 0.0621. The standard InChI is InChI=1S/C30H30N2O4S/c33-29(15-7-13-27-14-8-20-37-27)32-28(22-35-21-23-9-3-1-4-10-23)30(34)31-24-16-18-26(19-17-24)36-25-11-5-2-6-12-25/h1-6,8-12,14,16-20,28H,7,13,15,21-22H2,(H,31,34)(H,32,33). The number of amides is 2. The van der Waals surface area contributed by atoms with Crippen molar-refractivity contribution in [3.63, 3.8) is 0 Å². The first-order chi connectivity index (χ1) is 18.2. The first kappa shape index (κ1) is 26.1. The summed E-state index contributed by atoms with van der Waals surface area (Å²) in [4.78, 5) is 27.0. The van der Waals surface area contributed by atoms with Crippen LogP contribution >= 0.6 is 11.3 Å². The number of para-hydroxylation sites is 1. The largest absolute Gasteiger partial charge is 0.457 e. The molecule has 0 bridgehead atoms. The molecule has 1 aromatic heterocycles. The first-order valence-electron chi connectivity index (χ1n) is 12.2. The smallest absolute Gasteiger partial charge is 0.249 e.